The first-order chi connectivity index (χ1) is 11.9. The molecular formula is C20H21N3OSi. The predicted octanol–water partition coefficient (Wildman–Crippen LogP) is 4.44. The van der Waals surface area contributed by atoms with Crippen LogP contribution in [0.5, 0.6) is 0 Å². The number of hydrogen-bond donors (Lipinski definition) is 0. The van der Waals surface area contributed by atoms with Crippen molar-refractivity contribution in [3.63, 3.8) is 0 Å². The van der Waals surface area contributed by atoms with Gasteiger partial charge in [-0.2, -0.15) is 5.10 Å². The zero-order valence-corrected chi connectivity index (χ0v) is 15.9. The van der Waals surface area contributed by atoms with Crippen LogP contribution in [0.25, 0.3) is 33.4 Å². The van der Waals surface area contributed by atoms with Crippen molar-refractivity contribution in [3.05, 3.63) is 55.0 Å². The summed E-state index contributed by atoms with van der Waals surface area (Å²) in [4.78, 5) is 4.69. The van der Waals surface area contributed by atoms with Crippen LogP contribution in [-0.2, 0) is 7.05 Å². The third kappa shape index (κ3) is 2.80. The van der Waals surface area contributed by atoms with Crippen molar-refractivity contribution in [3.8, 4) is 22.3 Å². The smallest absolute Gasteiger partial charge is 0.160 e. The first kappa shape index (κ1) is 15.8. The van der Waals surface area contributed by atoms with E-state index in [0.717, 1.165) is 38.7 Å². The number of aromatic nitrogens is 3. The summed E-state index contributed by atoms with van der Waals surface area (Å²) in [5, 5.41) is 5.43. The standard InChI is InChI=1S/C20H21N3OSi/c1-23-13-15(11-22-23)19-16(14-8-6-5-7-9-14)12-21-17-10-18(24-20(17)19)25(2,3)4/h5-13H,1-4H3. The maximum Gasteiger partial charge on any atom is 0.160 e. The molecule has 4 nitrogen and oxygen atoms in total. The molecule has 4 aromatic rings. The molecule has 3 aromatic heterocycles. The summed E-state index contributed by atoms with van der Waals surface area (Å²) in [7, 11) is 0.371. The quantitative estimate of drug-likeness (QED) is 0.515. The first-order valence-electron chi connectivity index (χ1n) is 8.41. The minimum Gasteiger partial charge on any atom is -0.464 e. The Labute approximate surface area is 148 Å². The molecule has 0 spiro atoms. The highest BCUT2D eigenvalue weighted by molar-refractivity contribution is 6.87. The zero-order valence-electron chi connectivity index (χ0n) is 14.9. The molecule has 25 heavy (non-hydrogen) atoms. The van der Waals surface area contributed by atoms with Gasteiger partial charge in [0.1, 0.15) is 13.6 Å². The summed E-state index contributed by atoms with van der Waals surface area (Å²) >= 11 is 0. The second-order valence-corrected chi connectivity index (χ2v) is 12.4. The van der Waals surface area contributed by atoms with Crippen molar-refractivity contribution >= 4 is 24.6 Å². The van der Waals surface area contributed by atoms with E-state index in [0.29, 0.717) is 0 Å². The zero-order chi connectivity index (χ0) is 17.6. The van der Waals surface area contributed by atoms with Gasteiger partial charge in [0.2, 0.25) is 0 Å². The summed E-state index contributed by atoms with van der Waals surface area (Å²) in [6.45, 7) is 6.85. The van der Waals surface area contributed by atoms with Gasteiger partial charge in [0.05, 0.1) is 11.6 Å². The molecule has 0 atom stereocenters. The molecule has 0 radical (unpaired) electrons. The Morgan fingerprint density at radius 2 is 1.76 bits per heavy atom. The first-order valence-corrected chi connectivity index (χ1v) is 11.9. The van der Waals surface area contributed by atoms with Gasteiger partial charge in [-0.05, 0) is 5.56 Å². The second kappa shape index (κ2) is 5.70. The molecule has 0 bridgehead atoms. The van der Waals surface area contributed by atoms with Crippen molar-refractivity contribution in [2.24, 2.45) is 7.05 Å². The molecule has 0 aliphatic heterocycles. The number of aryl methyl sites for hydroxylation is 1. The molecule has 0 N–H and O–H groups in total. The van der Waals surface area contributed by atoms with Gasteiger partial charge in [-0.15, -0.1) is 0 Å². The Kier molecular flexibility index (Phi) is 3.61. The normalized spacial score (nSPS) is 12.0. The molecule has 5 heteroatoms. The van der Waals surface area contributed by atoms with E-state index >= 15 is 0 Å². The molecular weight excluding hydrogens is 326 g/mol. The maximum absolute atomic E-state index is 6.35. The van der Waals surface area contributed by atoms with Crippen molar-refractivity contribution in [2.75, 3.05) is 0 Å². The lowest BCUT2D eigenvalue weighted by Gasteiger charge is -2.11. The van der Waals surface area contributed by atoms with Crippen LogP contribution in [0.4, 0.5) is 0 Å². The van der Waals surface area contributed by atoms with Crippen molar-refractivity contribution in [1.82, 2.24) is 14.8 Å². The van der Waals surface area contributed by atoms with Gasteiger partial charge in [-0.3, -0.25) is 9.67 Å². The predicted molar refractivity (Wildman–Crippen MR) is 105 cm³/mol. The fourth-order valence-corrected chi connectivity index (χ4v) is 4.00. The maximum atomic E-state index is 6.35. The number of hydrogen-bond acceptors (Lipinski definition) is 3. The molecule has 0 fully saturated rings. The Morgan fingerprint density at radius 1 is 1.00 bits per heavy atom. The van der Waals surface area contributed by atoms with Gasteiger partial charge >= 0.3 is 0 Å². The van der Waals surface area contributed by atoms with Crippen LogP contribution in [0.2, 0.25) is 19.6 Å². The topological polar surface area (TPSA) is 43.9 Å². The fraction of sp³-hybridized carbons (Fsp3) is 0.200. The monoisotopic (exact) mass is 347 g/mol. The molecule has 0 saturated carbocycles. The van der Waals surface area contributed by atoms with Gasteiger partial charge in [0.25, 0.3) is 0 Å². The lowest BCUT2D eigenvalue weighted by molar-refractivity contribution is 0.649. The lowest BCUT2D eigenvalue weighted by atomic mass is 9.97. The van der Waals surface area contributed by atoms with Crippen LogP contribution in [0.3, 0.4) is 0 Å². The third-order valence-corrected chi connectivity index (χ3v) is 6.08. The number of rotatable bonds is 3. The van der Waals surface area contributed by atoms with Gasteiger partial charge in [0.15, 0.2) is 5.58 Å². The summed E-state index contributed by atoms with van der Waals surface area (Å²) in [6.07, 6.45) is 5.86. The molecule has 1 aromatic carbocycles. The second-order valence-electron chi connectivity index (χ2n) is 7.39. The van der Waals surface area contributed by atoms with Crippen LogP contribution in [0.1, 0.15) is 0 Å². The van der Waals surface area contributed by atoms with Crippen LogP contribution in [0, 0.1) is 0 Å². The Balaban J connectivity index is 2.05. The average molecular weight is 347 g/mol. The summed E-state index contributed by atoms with van der Waals surface area (Å²) in [5.41, 5.74) is 6.07. The molecule has 3 heterocycles. The van der Waals surface area contributed by atoms with Crippen LogP contribution in [0.15, 0.2) is 59.4 Å². The summed E-state index contributed by atoms with van der Waals surface area (Å²) in [5.74, 6) is 0. The van der Waals surface area contributed by atoms with Crippen molar-refractivity contribution in [1.29, 1.82) is 0 Å². The van der Waals surface area contributed by atoms with Crippen LogP contribution < -0.4 is 5.38 Å². The molecule has 0 saturated heterocycles. The SMILES string of the molecule is Cn1cc(-c2c(-c3ccccc3)cnc3cc([Si](C)(C)C)oc23)cn1. The van der Waals surface area contributed by atoms with Crippen molar-refractivity contribution < 1.29 is 4.42 Å². The average Bonchev–Trinajstić information content (AvgIpc) is 3.20. The van der Waals surface area contributed by atoms with E-state index in [1.54, 1.807) is 0 Å². The molecule has 0 aliphatic carbocycles. The summed E-state index contributed by atoms with van der Waals surface area (Å²) < 4.78 is 8.17. The number of fused-ring (bicyclic) bond motifs is 1. The summed E-state index contributed by atoms with van der Waals surface area (Å²) in [6, 6.07) is 12.4. The van der Waals surface area contributed by atoms with Gasteiger partial charge in [0, 0.05) is 42.2 Å². The molecule has 0 amide bonds. The number of benzene rings is 1. The van der Waals surface area contributed by atoms with E-state index in [1.807, 2.05) is 48.5 Å². The Hall–Kier alpha value is -2.66. The minimum absolute atomic E-state index is 0.853. The van der Waals surface area contributed by atoms with E-state index < -0.39 is 8.07 Å². The van der Waals surface area contributed by atoms with E-state index in [1.165, 1.54) is 0 Å². The lowest BCUT2D eigenvalue weighted by Crippen LogP contribution is -2.36. The number of furan rings is 1. The molecule has 126 valence electrons. The molecule has 0 unspecified atom stereocenters. The van der Waals surface area contributed by atoms with Crippen LogP contribution >= 0.6 is 0 Å². The molecule has 4 rings (SSSR count). The largest absolute Gasteiger partial charge is 0.464 e. The Bertz CT molecular complexity index is 1040. The van der Waals surface area contributed by atoms with Gasteiger partial charge in [-0.25, -0.2) is 0 Å². The van der Waals surface area contributed by atoms with E-state index in [4.69, 9.17) is 4.42 Å². The van der Waals surface area contributed by atoms with Crippen LogP contribution in [-0.4, -0.2) is 22.8 Å². The van der Waals surface area contributed by atoms with E-state index in [9.17, 15) is 0 Å². The Morgan fingerprint density at radius 3 is 2.40 bits per heavy atom. The molecule has 0 aliphatic rings. The van der Waals surface area contributed by atoms with Gasteiger partial charge in [-0.1, -0.05) is 50.0 Å². The highest BCUT2D eigenvalue weighted by Gasteiger charge is 2.25. The van der Waals surface area contributed by atoms with Crippen molar-refractivity contribution in [2.45, 2.75) is 19.6 Å². The van der Waals surface area contributed by atoms with Gasteiger partial charge < -0.3 is 4.42 Å². The number of pyridine rings is 1. The van der Waals surface area contributed by atoms with E-state index in [-0.39, 0.29) is 0 Å². The highest BCUT2D eigenvalue weighted by atomic mass is 28.3. The third-order valence-electron chi connectivity index (χ3n) is 4.36. The highest BCUT2D eigenvalue weighted by Crippen LogP contribution is 2.37. The fourth-order valence-electron chi connectivity index (χ4n) is 3.02. The minimum atomic E-state index is -1.56. The number of nitrogens with zero attached hydrogens (tertiary/aromatic N) is 3. The van der Waals surface area contributed by atoms with E-state index in [2.05, 4.69) is 47.9 Å².